The van der Waals surface area contributed by atoms with Gasteiger partial charge in [-0.2, -0.15) is 0 Å². The minimum Gasteiger partial charge on any atom is -0.508 e. The summed E-state index contributed by atoms with van der Waals surface area (Å²) in [6.07, 6.45) is 1.80. The lowest BCUT2D eigenvalue weighted by atomic mass is 9.59. The first-order chi connectivity index (χ1) is 18.8. The summed E-state index contributed by atoms with van der Waals surface area (Å²) in [6, 6.07) is 1.67. The summed E-state index contributed by atoms with van der Waals surface area (Å²) in [5, 5.41) is 47.3. The summed E-state index contributed by atoms with van der Waals surface area (Å²) in [7, 11) is 3.53. The predicted molar refractivity (Wildman–Crippen MR) is 143 cm³/mol. The Morgan fingerprint density at radius 3 is 2.50 bits per heavy atom. The van der Waals surface area contributed by atoms with Crippen molar-refractivity contribution in [2.24, 2.45) is 17.6 Å². The minimum atomic E-state index is -2.63. The number of nitrogens with two attached hydrogens (primary N) is 1. The molecule has 3 unspecified atom stereocenters. The highest BCUT2D eigenvalue weighted by molar-refractivity contribution is 6.22. The summed E-state index contributed by atoms with van der Waals surface area (Å²) < 4.78 is 5.15. The average Bonchev–Trinajstić information content (AvgIpc) is 2.87. The fourth-order valence-corrected chi connectivity index (χ4v) is 5.99. The summed E-state index contributed by atoms with van der Waals surface area (Å²) in [6.45, 7) is 2.15. The maximum atomic E-state index is 13.7. The molecule has 12 nitrogen and oxygen atoms in total. The molecule has 0 heterocycles. The zero-order chi connectivity index (χ0) is 29.5. The van der Waals surface area contributed by atoms with E-state index in [9.17, 15) is 39.6 Å². The summed E-state index contributed by atoms with van der Waals surface area (Å²) >= 11 is 0. The third-order valence-corrected chi connectivity index (χ3v) is 8.01. The molecule has 3 aliphatic rings. The molecule has 2 amide bonds. The van der Waals surface area contributed by atoms with Crippen molar-refractivity contribution < 1.29 is 44.3 Å². The average molecular weight is 558 g/mol. The number of carbonyl (C=O) groups is 4. The molecular weight excluding hydrogens is 522 g/mol. The first-order valence-corrected chi connectivity index (χ1v) is 13.3. The van der Waals surface area contributed by atoms with Crippen molar-refractivity contribution in [3.63, 3.8) is 0 Å². The molecule has 1 aromatic rings. The lowest BCUT2D eigenvalue weighted by Gasteiger charge is -2.46. The number of amides is 2. The van der Waals surface area contributed by atoms with Crippen LogP contribution in [0.25, 0.3) is 5.76 Å². The van der Waals surface area contributed by atoms with Crippen LogP contribution in [0, 0.1) is 11.8 Å². The zero-order valence-corrected chi connectivity index (χ0v) is 22.7. The number of unbranched alkanes of at least 4 members (excludes halogenated alkanes) is 2. The van der Waals surface area contributed by atoms with Gasteiger partial charge in [-0.15, -0.1) is 0 Å². The molecular formula is C28H35N3O9. The van der Waals surface area contributed by atoms with Crippen molar-refractivity contribution in [1.82, 2.24) is 5.32 Å². The van der Waals surface area contributed by atoms with Gasteiger partial charge in [0, 0.05) is 49.8 Å². The number of primary amides is 1. The second-order valence-corrected chi connectivity index (χ2v) is 10.8. The van der Waals surface area contributed by atoms with E-state index in [4.69, 9.17) is 10.5 Å². The van der Waals surface area contributed by atoms with Gasteiger partial charge in [0.05, 0.1) is 12.2 Å². The number of rotatable bonds is 8. The fraction of sp³-hybridized carbons (Fsp3) is 0.500. The predicted octanol–water partition coefficient (Wildman–Crippen LogP) is 1.91. The number of alkyl carbamates (subject to hydrolysis) is 1. The number of carbonyl (C=O) groups excluding carboxylic acids is 4. The van der Waals surface area contributed by atoms with Crippen LogP contribution in [-0.2, 0) is 32.1 Å². The molecule has 0 saturated heterocycles. The van der Waals surface area contributed by atoms with Gasteiger partial charge < -0.3 is 41.1 Å². The van der Waals surface area contributed by atoms with E-state index in [-0.39, 0.29) is 54.9 Å². The number of Topliss-reactive ketones (excluding diaryl/α,β-unsaturated/α-hetero) is 2. The second-order valence-electron chi connectivity index (χ2n) is 10.8. The molecule has 1 fully saturated rings. The Morgan fingerprint density at radius 2 is 1.88 bits per heavy atom. The van der Waals surface area contributed by atoms with E-state index in [2.05, 4.69) is 5.32 Å². The van der Waals surface area contributed by atoms with Crippen molar-refractivity contribution in [2.75, 3.05) is 25.6 Å². The number of phenolic OH excluding ortho intramolecular Hbond substituents is 1. The summed E-state index contributed by atoms with van der Waals surface area (Å²) in [5.74, 6) is -6.86. The van der Waals surface area contributed by atoms with E-state index in [0.29, 0.717) is 11.3 Å². The van der Waals surface area contributed by atoms with Gasteiger partial charge in [0.15, 0.2) is 11.4 Å². The van der Waals surface area contributed by atoms with Gasteiger partial charge in [-0.3, -0.25) is 14.4 Å². The largest absolute Gasteiger partial charge is 0.508 e. The molecule has 216 valence electrons. The number of fused-ring (bicyclic) bond motifs is 3. The topological polar surface area (TPSA) is 200 Å². The molecule has 0 aliphatic heterocycles. The number of aliphatic hydroxyl groups excluding tert-OH is 2. The number of nitrogens with zero attached hydrogens (tertiary/aromatic N) is 1. The van der Waals surface area contributed by atoms with Crippen LogP contribution < -0.4 is 16.0 Å². The molecule has 1 aromatic carbocycles. The lowest BCUT2D eigenvalue weighted by Crippen LogP contribution is -2.58. The van der Waals surface area contributed by atoms with E-state index >= 15 is 0 Å². The van der Waals surface area contributed by atoms with Crippen molar-refractivity contribution in [3.05, 3.63) is 39.7 Å². The van der Waals surface area contributed by atoms with E-state index in [1.807, 2.05) is 6.92 Å². The van der Waals surface area contributed by atoms with Crippen LogP contribution in [0.3, 0.4) is 0 Å². The number of nitrogens with one attached hydrogen (secondary N) is 1. The number of aromatic hydroxyl groups is 1. The molecule has 3 aliphatic carbocycles. The molecule has 7 N–H and O–H groups in total. The van der Waals surface area contributed by atoms with Crippen molar-refractivity contribution >= 4 is 35.0 Å². The molecule has 4 rings (SSSR count). The number of ether oxygens (including phenoxy) is 1. The summed E-state index contributed by atoms with van der Waals surface area (Å²) in [5.41, 5.74) is 2.91. The Kier molecular flexibility index (Phi) is 7.84. The van der Waals surface area contributed by atoms with E-state index in [1.54, 1.807) is 25.1 Å². The summed E-state index contributed by atoms with van der Waals surface area (Å²) in [4.78, 5) is 51.9. The van der Waals surface area contributed by atoms with Crippen molar-refractivity contribution in [1.29, 1.82) is 0 Å². The van der Waals surface area contributed by atoms with Crippen LogP contribution in [0.15, 0.2) is 23.0 Å². The molecule has 40 heavy (non-hydrogen) atoms. The SMILES string of the molecule is CCCCCOC(=O)NCc1cc(N(C)C)c2c(c1O)C(O)=C1C(=O)C3(O)C(O)=C(C(N)=O)C(=O)CC3CC1C2. The van der Waals surface area contributed by atoms with Gasteiger partial charge in [0.2, 0.25) is 5.78 Å². The smallest absolute Gasteiger partial charge is 0.407 e. The van der Waals surface area contributed by atoms with E-state index in [1.165, 1.54) is 0 Å². The van der Waals surface area contributed by atoms with Gasteiger partial charge in [-0.05, 0) is 36.8 Å². The van der Waals surface area contributed by atoms with Crippen LogP contribution in [0.4, 0.5) is 10.5 Å². The molecule has 12 heteroatoms. The maximum absolute atomic E-state index is 13.7. The normalized spacial score (nSPS) is 23.8. The molecule has 3 atom stereocenters. The van der Waals surface area contributed by atoms with Crippen LogP contribution in [-0.4, -0.2) is 70.3 Å². The number of phenols is 1. The first-order valence-electron chi connectivity index (χ1n) is 13.3. The zero-order valence-electron chi connectivity index (χ0n) is 22.7. The monoisotopic (exact) mass is 557 g/mol. The van der Waals surface area contributed by atoms with Gasteiger partial charge in [0.1, 0.15) is 22.8 Å². The Balaban J connectivity index is 1.75. The van der Waals surface area contributed by atoms with Crippen LogP contribution in [0.1, 0.15) is 55.7 Å². The maximum Gasteiger partial charge on any atom is 0.407 e. The highest BCUT2D eigenvalue weighted by Crippen LogP contribution is 2.53. The highest BCUT2D eigenvalue weighted by Gasteiger charge is 2.60. The number of aliphatic hydroxyl groups is 3. The minimum absolute atomic E-state index is 0.0357. The molecule has 0 aromatic heterocycles. The standard InChI is InChI=1S/C28H35N3O9/c1-4-5-6-7-40-27(38)30-12-14-10-17(31(2)3)16-9-13-8-15-11-18(32)21(26(29)37)25(36)28(15,39)24(35)19(13)23(34)20(16)22(14)33/h10,13,15,33-34,36,39H,4-9,11-12H2,1-3H3,(H2,29,37)(H,30,38). The first kappa shape index (κ1) is 28.9. The second kappa shape index (κ2) is 10.8. The number of anilines is 1. The number of benzene rings is 1. The third kappa shape index (κ3) is 4.66. The highest BCUT2D eigenvalue weighted by atomic mass is 16.5. The number of hydrogen-bond acceptors (Lipinski definition) is 10. The number of hydrogen-bond donors (Lipinski definition) is 6. The Hall–Kier alpha value is -4.06. The van der Waals surface area contributed by atoms with E-state index < -0.39 is 58.1 Å². The van der Waals surface area contributed by atoms with Crippen LogP contribution in [0.5, 0.6) is 5.75 Å². The quantitative estimate of drug-likeness (QED) is 0.203. The molecule has 0 radical (unpaired) electrons. The fourth-order valence-electron chi connectivity index (χ4n) is 5.99. The third-order valence-electron chi connectivity index (χ3n) is 8.01. The Morgan fingerprint density at radius 1 is 1.18 bits per heavy atom. The molecule has 0 spiro atoms. The lowest BCUT2D eigenvalue weighted by molar-refractivity contribution is -0.147. The van der Waals surface area contributed by atoms with Crippen LogP contribution >= 0.6 is 0 Å². The van der Waals surface area contributed by atoms with Crippen molar-refractivity contribution in [2.45, 2.75) is 57.6 Å². The molecule has 1 saturated carbocycles. The van der Waals surface area contributed by atoms with Gasteiger partial charge in [-0.1, -0.05) is 19.8 Å². The van der Waals surface area contributed by atoms with Crippen molar-refractivity contribution in [3.8, 4) is 5.75 Å². The van der Waals surface area contributed by atoms with Gasteiger partial charge >= 0.3 is 6.09 Å². The van der Waals surface area contributed by atoms with Gasteiger partial charge in [-0.25, -0.2) is 4.79 Å². The van der Waals surface area contributed by atoms with Gasteiger partial charge in [0.25, 0.3) is 5.91 Å². The van der Waals surface area contributed by atoms with Crippen LogP contribution in [0.2, 0.25) is 0 Å². The Labute approximate surface area is 231 Å². The number of ketones is 2. The Bertz CT molecular complexity index is 1350. The van der Waals surface area contributed by atoms with E-state index in [0.717, 1.165) is 19.3 Å². The molecule has 0 bridgehead atoms.